The van der Waals surface area contributed by atoms with Crippen molar-refractivity contribution in [3.8, 4) is 28.5 Å². The number of halogens is 3. The van der Waals surface area contributed by atoms with Crippen LogP contribution >= 0.6 is 0 Å². The van der Waals surface area contributed by atoms with Crippen LogP contribution in [0.1, 0.15) is 51.9 Å². The summed E-state index contributed by atoms with van der Waals surface area (Å²) in [5.74, 6) is 0.754. The first-order chi connectivity index (χ1) is 23.4. The molecule has 7 N–H and O–H groups in total. The van der Waals surface area contributed by atoms with Gasteiger partial charge in [-0.1, -0.05) is 12.1 Å². The number of pyridine rings is 1. The molecule has 0 saturated heterocycles. The molecule has 4 saturated carbocycles. The summed E-state index contributed by atoms with van der Waals surface area (Å²) in [4.78, 5) is 31.8. The van der Waals surface area contributed by atoms with Crippen LogP contribution in [0.4, 0.5) is 29.5 Å². The number of aryl methyl sites for hydroxylation is 1. The molecule has 17 heteroatoms. The highest BCUT2D eigenvalue weighted by atomic mass is 19.4. The minimum atomic E-state index is -5.08. The summed E-state index contributed by atoms with van der Waals surface area (Å²) in [6.45, 7) is 3.54. The maximum Gasteiger partial charge on any atom is 0.490 e. The number of alkyl halides is 3. The summed E-state index contributed by atoms with van der Waals surface area (Å²) in [7, 11) is 0. The van der Waals surface area contributed by atoms with Gasteiger partial charge in [-0.3, -0.25) is 0 Å². The minimum absolute atomic E-state index is 0.0644. The Kier molecular flexibility index (Phi) is 9.37. The number of carbonyl (C=O) groups is 2. The number of amides is 2. The van der Waals surface area contributed by atoms with E-state index in [4.69, 9.17) is 40.7 Å². The van der Waals surface area contributed by atoms with E-state index in [1.54, 1.807) is 6.20 Å². The number of rotatable bonds is 9. The third kappa shape index (κ3) is 7.11. The first kappa shape index (κ1) is 34.0. The van der Waals surface area contributed by atoms with E-state index in [0.717, 1.165) is 48.1 Å². The highest BCUT2D eigenvalue weighted by Crippen LogP contribution is 2.55. The molecular formula is C32H38F3N9O5. The third-order valence-corrected chi connectivity index (χ3v) is 9.44. The molecule has 14 nitrogen and oxygen atoms in total. The number of carboxylic acids is 1. The Morgan fingerprint density at radius 2 is 1.80 bits per heavy atom. The molecule has 4 aromatic rings. The van der Waals surface area contributed by atoms with Crippen molar-refractivity contribution >= 4 is 34.5 Å². The van der Waals surface area contributed by atoms with Crippen molar-refractivity contribution in [2.24, 2.45) is 23.5 Å². The van der Waals surface area contributed by atoms with Gasteiger partial charge < -0.3 is 36.5 Å². The van der Waals surface area contributed by atoms with E-state index in [1.807, 2.05) is 35.8 Å². The zero-order chi connectivity index (χ0) is 34.9. The lowest BCUT2D eigenvalue weighted by atomic mass is 9.53. The Morgan fingerprint density at radius 3 is 2.37 bits per heavy atom. The topological polar surface area (TPSA) is 209 Å². The van der Waals surface area contributed by atoms with Gasteiger partial charge in [0.2, 0.25) is 0 Å². The van der Waals surface area contributed by atoms with E-state index < -0.39 is 12.1 Å². The maximum absolute atomic E-state index is 13.3. The molecule has 0 spiro atoms. The number of nitrogens with one attached hydrogen (secondary N) is 2. The van der Waals surface area contributed by atoms with Crippen LogP contribution in [0.3, 0.4) is 0 Å². The Balaban J connectivity index is 0.000000540. The average molecular weight is 686 g/mol. The molecule has 0 unspecified atom stereocenters. The molecule has 4 aliphatic rings. The van der Waals surface area contributed by atoms with Gasteiger partial charge in [0.25, 0.3) is 0 Å². The number of fused-ring (bicyclic) bond motifs is 1. The molecule has 4 fully saturated rings. The lowest BCUT2D eigenvalue weighted by molar-refractivity contribution is -0.192. The first-order valence-corrected chi connectivity index (χ1v) is 16.2. The molecule has 0 aliphatic heterocycles. The number of imidazole rings is 1. The Hall–Kier alpha value is -4.93. The summed E-state index contributed by atoms with van der Waals surface area (Å²) in [6.07, 6.45) is 4.62. The van der Waals surface area contributed by atoms with Crippen LogP contribution in [0.2, 0.25) is 0 Å². The molecule has 0 radical (unpaired) electrons. The average Bonchev–Trinajstić information content (AvgIpc) is 3.63. The molecule has 4 bridgehead atoms. The monoisotopic (exact) mass is 685 g/mol. The first-order valence-electron chi connectivity index (χ1n) is 16.2. The molecule has 3 heterocycles. The van der Waals surface area contributed by atoms with Crippen molar-refractivity contribution in [1.29, 1.82) is 0 Å². The number of urea groups is 1. The van der Waals surface area contributed by atoms with Crippen molar-refractivity contribution in [1.82, 2.24) is 30.2 Å². The number of carboxylic acid groups (broad SMARTS) is 1. The van der Waals surface area contributed by atoms with Gasteiger partial charge in [-0.15, -0.1) is 0 Å². The van der Waals surface area contributed by atoms with Gasteiger partial charge in [-0.05, 0) is 98.6 Å². The fraction of sp³-hybridized carbons (Fsp3) is 0.500. The summed E-state index contributed by atoms with van der Waals surface area (Å²) in [5.41, 5.74) is 15.5. The van der Waals surface area contributed by atoms with Crippen LogP contribution in [0.25, 0.3) is 33.8 Å². The number of carbonyl (C=O) groups excluding carboxylic acids is 1. The fourth-order valence-electron chi connectivity index (χ4n) is 7.95. The fourth-order valence-corrected chi connectivity index (χ4v) is 7.95. The Bertz CT molecular complexity index is 1800. The van der Waals surface area contributed by atoms with Crippen LogP contribution in [-0.2, 0) is 11.3 Å². The number of nitrogens with zero attached hydrogens (tertiary/aromatic N) is 5. The predicted molar refractivity (Wildman–Crippen MR) is 172 cm³/mol. The molecule has 262 valence electrons. The summed E-state index contributed by atoms with van der Waals surface area (Å²) >= 11 is 0. The number of anilines is 2. The van der Waals surface area contributed by atoms with E-state index in [9.17, 15) is 18.0 Å². The number of hydrogen-bond acceptors (Lipinski definition) is 10. The molecular weight excluding hydrogens is 647 g/mol. The molecule has 2 amide bonds. The zero-order valence-corrected chi connectivity index (χ0v) is 26.8. The largest absolute Gasteiger partial charge is 0.490 e. The van der Waals surface area contributed by atoms with Gasteiger partial charge in [-0.2, -0.15) is 13.2 Å². The number of ether oxygens (including phenoxy) is 1. The van der Waals surface area contributed by atoms with Crippen molar-refractivity contribution in [2.75, 3.05) is 24.2 Å². The van der Waals surface area contributed by atoms with Gasteiger partial charge in [0, 0.05) is 23.3 Å². The lowest BCUT2D eigenvalue weighted by Gasteiger charge is -2.56. The predicted octanol–water partition coefficient (Wildman–Crippen LogP) is 5.20. The number of nitrogens with two attached hydrogens (primary N) is 2. The van der Waals surface area contributed by atoms with E-state index in [0.29, 0.717) is 60.3 Å². The Morgan fingerprint density at radius 1 is 1.12 bits per heavy atom. The van der Waals surface area contributed by atoms with Crippen LogP contribution in [0.5, 0.6) is 5.75 Å². The lowest BCUT2D eigenvalue weighted by Crippen LogP contribution is -2.60. The highest BCUT2D eigenvalue weighted by Gasteiger charge is 2.51. The second kappa shape index (κ2) is 13.5. The normalized spacial score (nSPS) is 22.4. The van der Waals surface area contributed by atoms with E-state index in [-0.39, 0.29) is 17.4 Å². The molecule has 8 rings (SSSR count). The number of hydrogen-bond donors (Lipinski definition) is 5. The number of benzene rings is 1. The van der Waals surface area contributed by atoms with Crippen molar-refractivity contribution in [2.45, 2.75) is 70.1 Å². The van der Waals surface area contributed by atoms with E-state index in [2.05, 4.69) is 20.9 Å². The number of aliphatic carboxylic acids is 1. The second-order valence-electron chi connectivity index (χ2n) is 13.0. The molecule has 3 aromatic heterocycles. The molecule has 4 aliphatic carbocycles. The minimum Gasteiger partial charge on any atom is -0.490 e. The van der Waals surface area contributed by atoms with E-state index >= 15 is 0 Å². The number of nitrogen functional groups attached to an aromatic ring is 1. The van der Waals surface area contributed by atoms with Gasteiger partial charge in [0.05, 0.1) is 18.5 Å². The van der Waals surface area contributed by atoms with Crippen molar-refractivity contribution < 1.29 is 37.2 Å². The quantitative estimate of drug-likeness (QED) is 0.145. The number of aromatic nitrogens is 5. The second-order valence-corrected chi connectivity index (χ2v) is 13.0. The van der Waals surface area contributed by atoms with Crippen LogP contribution < -0.4 is 26.8 Å². The highest BCUT2D eigenvalue weighted by molar-refractivity contribution is 5.97. The molecule has 1 aromatic carbocycles. The zero-order valence-electron chi connectivity index (χ0n) is 26.8. The van der Waals surface area contributed by atoms with Crippen LogP contribution in [0.15, 0.2) is 35.1 Å². The summed E-state index contributed by atoms with van der Waals surface area (Å²) in [5, 5.41) is 21.3. The van der Waals surface area contributed by atoms with E-state index in [1.165, 1.54) is 19.3 Å². The maximum atomic E-state index is 13.3. The van der Waals surface area contributed by atoms with Gasteiger partial charge in [0.1, 0.15) is 11.0 Å². The SMILES string of the molecule is CCn1c(-c2nonc2N)nc2c(-c3cccc(NC(=O)NC45CC6CC(CC(C6)C4)C5)c3)ncc(OCCCN)c21.O=C(O)C(F)(F)F. The molecule has 49 heavy (non-hydrogen) atoms. The Labute approximate surface area is 278 Å². The van der Waals surface area contributed by atoms with Crippen molar-refractivity contribution in [3.63, 3.8) is 0 Å². The van der Waals surface area contributed by atoms with Gasteiger partial charge in [0.15, 0.2) is 23.1 Å². The van der Waals surface area contributed by atoms with Crippen molar-refractivity contribution in [3.05, 3.63) is 30.5 Å². The summed E-state index contributed by atoms with van der Waals surface area (Å²) < 4.78 is 44.7. The van der Waals surface area contributed by atoms with Gasteiger partial charge >= 0.3 is 18.2 Å². The van der Waals surface area contributed by atoms with Gasteiger partial charge in [-0.25, -0.2) is 24.2 Å². The standard InChI is InChI=1S/C30H37N9O3.C2HF3O2/c1-2-39-26-22(41-8-4-7-31)16-33-23(24(26)35-28(39)25-27(32)38-42-37-25)20-5-3-6-21(12-20)34-29(40)36-30-13-17-9-18(14-30)11-19(10-17)15-30;3-2(4,5)1(6)7/h3,5-6,12,16-19H,2,4,7-11,13-15,31H2,1H3,(H2,32,38)(H2,34,36,40);(H,6,7). The van der Waals surface area contributed by atoms with Crippen LogP contribution in [0, 0.1) is 17.8 Å². The molecule has 0 atom stereocenters. The smallest absolute Gasteiger partial charge is 0.490 e. The van der Waals surface area contributed by atoms with Crippen LogP contribution in [-0.4, -0.2) is 66.8 Å². The third-order valence-electron chi connectivity index (χ3n) is 9.44. The summed E-state index contributed by atoms with van der Waals surface area (Å²) in [6, 6.07) is 7.53.